The number of amides is 2. The average Bonchev–Trinajstić information content (AvgIpc) is 2.72. The number of carbonyl (C=O) groups excluding carboxylic acids is 2. The second-order valence-electron chi connectivity index (χ2n) is 6.05. The van der Waals surface area contributed by atoms with E-state index >= 15 is 0 Å². The van der Waals surface area contributed by atoms with E-state index in [1.54, 1.807) is 48.5 Å². The number of carboxylic acids is 1. The van der Waals surface area contributed by atoms with Crippen molar-refractivity contribution in [1.82, 2.24) is 10.6 Å². The molecule has 28 heavy (non-hydrogen) atoms. The molecule has 0 radical (unpaired) electrons. The summed E-state index contributed by atoms with van der Waals surface area (Å²) < 4.78 is 5.04. The molecule has 3 N–H and O–H groups in total. The summed E-state index contributed by atoms with van der Waals surface area (Å²) >= 11 is 0. The van der Waals surface area contributed by atoms with Gasteiger partial charge >= 0.3 is 12.1 Å². The van der Waals surface area contributed by atoms with Gasteiger partial charge in [-0.15, -0.1) is 0 Å². The first-order valence-electron chi connectivity index (χ1n) is 8.93. The maximum Gasteiger partial charge on any atom is 0.407 e. The molecule has 0 aliphatic carbocycles. The predicted octanol–water partition coefficient (Wildman–Crippen LogP) is 2.57. The van der Waals surface area contributed by atoms with E-state index in [0.29, 0.717) is 24.9 Å². The Morgan fingerprint density at radius 1 is 1.07 bits per heavy atom. The summed E-state index contributed by atoms with van der Waals surface area (Å²) in [5.41, 5.74) is 1.13. The van der Waals surface area contributed by atoms with Crippen molar-refractivity contribution in [3.8, 4) is 0 Å². The zero-order chi connectivity index (χ0) is 20.2. The Kier molecular flexibility index (Phi) is 8.34. The molecule has 0 saturated carbocycles. The standard InChI is InChI=1S/C21H22N2O5/c24-19(17-11-5-2-6-12-17)23-18(20(25)26)13-7-8-14-22-21(27)28-15-16-9-3-1-4-10-16/h1-3,5-6,9,11-12,18H,7-8,13-15H2,(H,22,27)(H,23,24)(H,25,26). The molecule has 0 aromatic heterocycles. The minimum absolute atomic E-state index is 0.107. The topological polar surface area (TPSA) is 105 Å². The number of carboxylic acid groups (broad SMARTS) is 1. The molecule has 1 atom stereocenters. The van der Waals surface area contributed by atoms with Crippen LogP contribution in [0.15, 0.2) is 48.5 Å². The zero-order valence-corrected chi connectivity index (χ0v) is 15.3. The lowest BCUT2D eigenvalue weighted by Crippen LogP contribution is -2.40. The van der Waals surface area contributed by atoms with Crippen LogP contribution in [0.5, 0.6) is 0 Å². The van der Waals surface area contributed by atoms with Gasteiger partial charge in [0.25, 0.3) is 5.91 Å². The van der Waals surface area contributed by atoms with Crippen molar-refractivity contribution in [3.05, 3.63) is 71.8 Å². The van der Waals surface area contributed by atoms with Crippen molar-refractivity contribution in [2.24, 2.45) is 0 Å². The molecule has 7 nitrogen and oxygen atoms in total. The van der Waals surface area contributed by atoms with Crippen LogP contribution < -0.4 is 10.6 Å². The number of benzene rings is 1. The van der Waals surface area contributed by atoms with Gasteiger partial charge in [0, 0.05) is 17.7 Å². The number of ether oxygens (including phenoxy) is 1. The third-order valence-corrected chi connectivity index (χ3v) is 3.90. The Morgan fingerprint density at radius 2 is 1.86 bits per heavy atom. The lowest BCUT2D eigenvalue weighted by atomic mass is 10.1. The van der Waals surface area contributed by atoms with E-state index in [-0.39, 0.29) is 13.0 Å². The Hall–Kier alpha value is -3.53. The molecule has 0 fully saturated rings. The van der Waals surface area contributed by atoms with Crippen LogP contribution in [-0.2, 0) is 16.1 Å². The number of carbonyl (C=O) groups is 3. The Labute approximate surface area is 163 Å². The van der Waals surface area contributed by atoms with E-state index in [2.05, 4.69) is 22.8 Å². The lowest BCUT2D eigenvalue weighted by Gasteiger charge is -2.14. The molecule has 2 amide bonds. The Morgan fingerprint density at radius 3 is 2.54 bits per heavy atom. The van der Waals surface area contributed by atoms with Gasteiger partial charge in [-0.25, -0.2) is 9.59 Å². The van der Waals surface area contributed by atoms with Crippen LogP contribution in [0.3, 0.4) is 0 Å². The molecule has 2 rings (SSSR count). The summed E-state index contributed by atoms with van der Waals surface area (Å²) in [6.07, 6.45) is 0.794. The third kappa shape index (κ3) is 7.38. The summed E-state index contributed by atoms with van der Waals surface area (Å²) in [5, 5.41) is 14.4. The van der Waals surface area contributed by atoms with Gasteiger partial charge in [-0.1, -0.05) is 36.4 Å². The SMILES string of the molecule is O=C(NCCCCC(NC(=O)c1ccccc1)C(=O)O)OCc1c#cccc1. The van der Waals surface area contributed by atoms with Crippen LogP contribution in [0.25, 0.3) is 0 Å². The van der Waals surface area contributed by atoms with Gasteiger partial charge in [-0.3, -0.25) is 4.79 Å². The fourth-order valence-corrected chi connectivity index (χ4v) is 2.42. The summed E-state index contributed by atoms with van der Waals surface area (Å²) in [6.45, 7) is 0.457. The van der Waals surface area contributed by atoms with Crippen LogP contribution in [-0.4, -0.2) is 35.7 Å². The summed E-state index contributed by atoms with van der Waals surface area (Å²) in [4.78, 5) is 35.0. The van der Waals surface area contributed by atoms with Gasteiger partial charge in [0.05, 0.1) is 0 Å². The molecule has 0 spiro atoms. The van der Waals surface area contributed by atoms with Gasteiger partial charge in [0.2, 0.25) is 0 Å². The fraction of sp³-hybridized carbons (Fsp3) is 0.286. The van der Waals surface area contributed by atoms with Gasteiger partial charge in [-0.2, -0.15) is 0 Å². The molecular formula is C21H22N2O5. The van der Waals surface area contributed by atoms with Crippen LogP contribution in [0.1, 0.15) is 35.2 Å². The van der Waals surface area contributed by atoms with E-state index in [1.165, 1.54) is 0 Å². The molecule has 0 bridgehead atoms. The maximum absolute atomic E-state index is 12.1. The van der Waals surface area contributed by atoms with Gasteiger partial charge in [0.1, 0.15) is 12.6 Å². The lowest BCUT2D eigenvalue weighted by molar-refractivity contribution is -0.139. The number of aliphatic carboxylic acids is 1. The summed E-state index contributed by atoms with van der Waals surface area (Å²) in [7, 11) is 0. The normalized spacial score (nSPS) is 11.0. The largest absolute Gasteiger partial charge is 0.480 e. The molecule has 1 unspecified atom stereocenters. The summed E-state index contributed by atoms with van der Waals surface area (Å²) in [5.74, 6) is -1.52. The number of hydrogen-bond donors (Lipinski definition) is 3. The number of alkyl carbamates (subject to hydrolysis) is 1. The molecule has 7 heteroatoms. The van der Waals surface area contributed by atoms with E-state index in [1.807, 2.05) is 0 Å². The first-order chi connectivity index (χ1) is 13.6. The Balaban J connectivity index is 1.64. The number of nitrogens with one attached hydrogen (secondary N) is 2. The van der Waals surface area contributed by atoms with Crippen molar-refractivity contribution < 1.29 is 24.2 Å². The molecule has 0 heterocycles. The van der Waals surface area contributed by atoms with Crippen molar-refractivity contribution in [2.45, 2.75) is 31.9 Å². The van der Waals surface area contributed by atoms with Crippen LogP contribution in [0.2, 0.25) is 0 Å². The number of hydrogen-bond acceptors (Lipinski definition) is 4. The van der Waals surface area contributed by atoms with Crippen molar-refractivity contribution in [3.63, 3.8) is 0 Å². The fourth-order valence-electron chi connectivity index (χ4n) is 2.42. The third-order valence-electron chi connectivity index (χ3n) is 3.90. The molecule has 146 valence electrons. The quantitative estimate of drug-likeness (QED) is 0.548. The van der Waals surface area contributed by atoms with Crippen molar-refractivity contribution in [2.75, 3.05) is 6.54 Å². The van der Waals surface area contributed by atoms with Crippen molar-refractivity contribution in [1.29, 1.82) is 0 Å². The second-order valence-corrected chi connectivity index (χ2v) is 6.05. The highest BCUT2D eigenvalue weighted by Crippen LogP contribution is 2.05. The van der Waals surface area contributed by atoms with E-state index in [4.69, 9.17) is 4.74 Å². The van der Waals surface area contributed by atoms with Crippen LogP contribution in [0, 0.1) is 12.1 Å². The number of unbranched alkanes of at least 4 members (excludes halogenated alkanes) is 1. The van der Waals surface area contributed by atoms with E-state index in [9.17, 15) is 19.5 Å². The van der Waals surface area contributed by atoms with Gasteiger partial charge in [-0.05, 0) is 43.5 Å². The van der Waals surface area contributed by atoms with E-state index < -0.39 is 24.0 Å². The monoisotopic (exact) mass is 382 g/mol. The van der Waals surface area contributed by atoms with Gasteiger partial charge < -0.3 is 20.5 Å². The summed E-state index contributed by atoms with van der Waals surface area (Å²) in [6, 6.07) is 18.3. The molecule has 0 aliphatic rings. The first-order valence-corrected chi connectivity index (χ1v) is 8.93. The molecule has 2 aromatic carbocycles. The first kappa shape index (κ1) is 20.8. The minimum Gasteiger partial charge on any atom is -0.480 e. The highest BCUT2D eigenvalue weighted by Gasteiger charge is 2.20. The number of rotatable bonds is 10. The molecule has 0 saturated heterocycles. The minimum atomic E-state index is -1.09. The highest BCUT2D eigenvalue weighted by atomic mass is 16.5. The maximum atomic E-state index is 12.1. The Bertz CT molecular complexity index is 765. The van der Waals surface area contributed by atoms with Crippen LogP contribution in [0.4, 0.5) is 4.79 Å². The van der Waals surface area contributed by atoms with Crippen LogP contribution >= 0.6 is 0 Å². The highest BCUT2D eigenvalue weighted by molar-refractivity contribution is 5.96. The average molecular weight is 382 g/mol. The van der Waals surface area contributed by atoms with Crippen molar-refractivity contribution >= 4 is 18.0 Å². The molecule has 0 aliphatic heterocycles. The van der Waals surface area contributed by atoms with Gasteiger partial charge in [0.15, 0.2) is 0 Å². The predicted molar refractivity (Wildman–Crippen MR) is 101 cm³/mol. The van der Waals surface area contributed by atoms with E-state index in [0.717, 1.165) is 5.56 Å². The molecule has 2 aromatic rings. The zero-order valence-electron chi connectivity index (χ0n) is 15.3. The second kappa shape index (κ2) is 11.2. The smallest absolute Gasteiger partial charge is 0.407 e. The molecular weight excluding hydrogens is 360 g/mol.